The molecular weight excluding hydrogens is 811 g/mol. The van der Waals surface area contributed by atoms with E-state index in [0.29, 0.717) is 0 Å². The molecule has 0 aliphatic rings. The number of fused-ring (bicyclic) bond motifs is 6. The quantitative estimate of drug-likeness (QED) is 0.137. The van der Waals surface area contributed by atoms with Crippen molar-refractivity contribution in [2.75, 3.05) is 14.7 Å². The molecule has 308 valence electrons. The van der Waals surface area contributed by atoms with Gasteiger partial charge in [0.15, 0.2) is 0 Å². The molecule has 10 aromatic carbocycles. The molecule has 0 spiro atoms. The maximum atomic E-state index is 7.05. The van der Waals surface area contributed by atoms with E-state index in [1.807, 2.05) is 11.3 Å². The lowest BCUT2D eigenvalue weighted by Crippen LogP contribution is -2.13. The summed E-state index contributed by atoms with van der Waals surface area (Å²) in [6, 6.07) is 88.7. The smallest absolute Gasteiger partial charge is 0.139 e. The van der Waals surface area contributed by atoms with E-state index >= 15 is 0 Å². The van der Waals surface area contributed by atoms with Crippen LogP contribution < -0.4 is 14.7 Å². The second-order valence-electron chi connectivity index (χ2n) is 16.2. The Kier molecular flexibility index (Phi) is 9.66. The van der Waals surface area contributed by atoms with Gasteiger partial charge in [-0.05, 0) is 120 Å². The largest absolute Gasteiger partial charge is 0.456 e. The van der Waals surface area contributed by atoms with E-state index in [1.54, 1.807) is 0 Å². The molecule has 0 saturated heterocycles. The van der Waals surface area contributed by atoms with Crippen LogP contribution >= 0.6 is 11.3 Å². The van der Waals surface area contributed by atoms with E-state index in [1.165, 1.54) is 25.7 Å². The molecule has 0 fully saturated rings. The molecule has 0 aliphatic carbocycles. The molecule has 0 saturated carbocycles. The lowest BCUT2D eigenvalue weighted by molar-refractivity contribution is 0.669. The number of para-hydroxylation sites is 4. The van der Waals surface area contributed by atoms with E-state index in [-0.39, 0.29) is 0 Å². The monoisotopic (exact) mass is 851 g/mol. The van der Waals surface area contributed by atoms with Crippen molar-refractivity contribution in [2.45, 2.75) is 0 Å². The number of anilines is 9. The molecule has 0 bridgehead atoms. The summed E-state index contributed by atoms with van der Waals surface area (Å²) in [5, 5.41) is 4.55. The van der Waals surface area contributed by atoms with Crippen LogP contribution in [-0.2, 0) is 0 Å². The summed E-state index contributed by atoms with van der Waals surface area (Å²) in [6.45, 7) is 0. The third kappa shape index (κ3) is 7.05. The predicted octanol–water partition coefficient (Wildman–Crippen LogP) is 18.0. The number of benzene rings is 10. The van der Waals surface area contributed by atoms with Gasteiger partial charge >= 0.3 is 0 Å². The lowest BCUT2D eigenvalue weighted by Gasteiger charge is -2.30. The molecule has 0 radical (unpaired) electrons. The van der Waals surface area contributed by atoms with Gasteiger partial charge in [-0.3, -0.25) is 0 Å². The number of nitrogens with zero attached hydrogens (tertiary/aromatic N) is 3. The van der Waals surface area contributed by atoms with Crippen LogP contribution in [0.5, 0.6) is 0 Å². The summed E-state index contributed by atoms with van der Waals surface area (Å²) < 4.78 is 9.59. The fraction of sp³-hybridized carbons (Fsp3) is 0. The van der Waals surface area contributed by atoms with Crippen molar-refractivity contribution >= 4 is 105 Å². The average Bonchev–Trinajstić information content (AvgIpc) is 3.94. The standard InChI is InChI=1S/C60H41N3OS/c1-6-18-42(19-7-1)43-30-32-48(33-31-43)63(47-26-14-5-15-27-47)55-40-51(62(46-24-12-4-13-25-46)50-35-37-59-53(38-50)52-28-16-17-29-58(52)65-59)41-57-60(55)54-39-49(34-36-56(54)64-57)61(44-20-8-2-9-21-44)45-22-10-3-11-23-45/h1-41H. The van der Waals surface area contributed by atoms with E-state index in [9.17, 15) is 0 Å². The fourth-order valence-electron chi connectivity index (χ4n) is 9.22. The van der Waals surface area contributed by atoms with Gasteiger partial charge in [0.05, 0.1) is 16.8 Å². The molecule has 2 aromatic heterocycles. The molecule has 2 heterocycles. The van der Waals surface area contributed by atoms with Gasteiger partial charge in [-0.15, -0.1) is 11.3 Å². The van der Waals surface area contributed by atoms with Gasteiger partial charge in [-0.25, -0.2) is 0 Å². The highest BCUT2D eigenvalue weighted by atomic mass is 32.1. The van der Waals surface area contributed by atoms with Crippen LogP contribution in [0.2, 0.25) is 0 Å². The SMILES string of the molecule is c1ccc(-c2ccc(N(c3ccccc3)c3cc(N(c4ccccc4)c4ccc5sc6ccccc6c5c4)cc4oc5ccc(N(c6ccccc6)c6ccccc6)cc5c34)cc2)cc1. The Balaban J connectivity index is 1.13. The molecule has 0 amide bonds. The summed E-state index contributed by atoms with van der Waals surface area (Å²) in [5.74, 6) is 0. The van der Waals surface area contributed by atoms with Gasteiger partial charge in [-0.2, -0.15) is 0 Å². The van der Waals surface area contributed by atoms with Crippen LogP contribution in [0.4, 0.5) is 51.2 Å². The van der Waals surface area contributed by atoms with Gasteiger partial charge in [-0.1, -0.05) is 133 Å². The van der Waals surface area contributed by atoms with Crippen LogP contribution in [0.1, 0.15) is 0 Å². The van der Waals surface area contributed by atoms with Crippen LogP contribution in [0.3, 0.4) is 0 Å². The van der Waals surface area contributed by atoms with Crippen LogP contribution in [0.25, 0.3) is 53.2 Å². The highest BCUT2D eigenvalue weighted by Gasteiger charge is 2.25. The van der Waals surface area contributed by atoms with Crippen molar-refractivity contribution in [3.63, 3.8) is 0 Å². The maximum Gasteiger partial charge on any atom is 0.139 e. The molecule has 0 aliphatic heterocycles. The minimum Gasteiger partial charge on any atom is -0.456 e. The Hall–Kier alpha value is -8.38. The maximum absolute atomic E-state index is 7.05. The van der Waals surface area contributed by atoms with E-state index in [0.717, 1.165) is 78.7 Å². The molecule has 0 N–H and O–H groups in total. The topological polar surface area (TPSA) is 22.9 Å². The highest BCUT2D eigenvalue weighted by Crippen LogP contribution is 2.49. The average molecular weight is 852 g/mol. The molecule has 12 aromatic rings. The van der Waals surface area contributed by atoms with Crippen molar-refractivity contribution in [1.29, 1.82) is 0 Å². The Morgan fingerprint density at radius 2 is 0.723 bits per heavy atom. The summed E-state index contributed by atoms with van der Waals surface area (Å²) >= 11 is 1.84. The first kappa shape index (κ1) is 38.3. The second kappa shape index (κ2) is 16.4. The summed E-state index contributed by atoms with van der Waals surface area (Å²) in [4.78, 5) is 7.06. The van der Waals surface area contributed by atoms with Gasteiger partial charge in [0.1, 0.15) is 11.2 Å². The zero-order chi connectivity index (χ0) is 43.1. The molecule has 5 heteroatoms. The minimum atomic E-state index is 0.792. The highest BCUT2D eigenvalue weighted by molar-refractivity contribution is 7.25. The van der Waals surface area contributed by atoms with Crippen LogP contribution in [0, 0.1) is 0 Å². The Bertz CT molecular complexity index is 3550. The fourth-order valence-corrected chi connectivity index (χ4v) is 10.3. The molecule has 12 rings (SSSR count). The number of rotatable bonds is 10. The summed E-state index contributed by atoms with van der Waals surface area (Å²) in [6.07, 6.45) is 0. The molecule has 4 nitrogen and oxygen atoms in total. The van der Waals surface area contributed by atoms with Crippen molar-refractivity contribution in [3.8, 4) is 11.1 Å². The normalized spacial score (nSPS) is 11.4. The van der Waals surface area contributed by atoms with Crippen LogP contribution in [-0.4, -0.2) is 0 Å². The first-order valence-corrected chi connectivity index (χ1v) is 22.7. The van der Waals surface area contributed by atoms with Gasteiger partial charge in [0, 0.05) is 71.4 Å². The second-order valence-corrected chi connectivity index (χ2v) is 17.2. The van der Waals surface area contributed by atoms with E-state index in [4.69, 9.17) is 4.42 Å². The van der Waals surface area contributed by atoms with Crippen molar-refractivity contribution in [2.24, 2.45) is 0 Å². The van der Waals surface area contributed by atoms with Gasteiger partial charge in [0.2, 0.25) is 0 Å². The van der Waals surface area contributed by atoms with E-state index in [2.05, 4.69) is 263 Å². The van der Waals surface area contributed by atoms with Crippen LogP contribution in [0.15, 0.2) is 253 Å². The molecule has 65 heavy (non-hydrogen) atoms. The molecular formula is C60H41N3OS. The lowest BCUT2D eigenvalue weighted by atomic mass is 10.0. The minimum absolute atomic E-state index is 0.792. The zero-order valence-electron chi connectivity index (χ0n) is 35.3. The third-order valence-corrected chi connectivity index (χ3v) is 13.3. The Labute approximate surface area is 381 Å². The van der Waals surface area contributed by atoms with Gasteiger partial charge in [0.25, 0.3) is 0 Å². The van der Waals surface area contributed by atoms with Crippen molar-refractivity contribution in [1.82, 2.24) is 0 Å². The zero-order valence-corrected chi connectivity index (χ0v) is 36.1. The molecule has 0 unspecified atom stereocenters. The van der Waals surface area contributed by atoms with Gasteiger partial charge < -0.3 is 19.1 Å². The summed E-state index contributed by atoms with van der Waals surface area (Å²) in [7, 11) is 0. The number of hydrogen-bond acceptors (Lipinski definition) is 5. The Morgan fingerprint density at radius 3 is 1.34 bits per heavy atom. The van der Waals surface area contributed by atoms with Crippen molar-refractivity contribution in [3.05, 3.63) is 249 Å². The first-order valence-electron chi connectivity index (χ1n) is 21.9. The number of thiophene rings is 1. The number of hydrogen-bond donors (Lipinski definition) is 0. The van der Waals surface area contributed by atoms with E-state index < -0.39 is 0 Å². The Morgan fingerprint density at radius 1 is 0.277 bits per heavy atom. The summed E-state index contributed by atoms with van der Waals surface area (Å²) in [5.41, 5.74) is 13.3. The predicted molar refractivity (Wildman–Crippen MR) is 276 cm³/mol. The number of furan rings is 1. The van der Waals surface area contributed by atoms with Crippen molar-refractivity contribution < 1.29 is 4.42 Å². The third-order valence-electron chi connectivity index (χ3n) is 12.2. The molecule has 0 atom stereocenters. The first-order chi connectivity index (χ1) is 32.2.